The molecule has 5 nitrogen and oxygen atoms in total. The molecule has 2 rings (SSSR count). The third-order valence-electron chi connectivity index (χ3n) is 3.46. The van der Waals surface area contributed by atoms with E-state index in [1.54, 1.807) is 0 Å². The topological polar surface area (TPSA) is 55.2 Å². The fourth-order valence-corrected chi connectivity index (χ4v) is 3.78. The summed E-state index contributed by atoms with van der Waals surface area (Å²) in [4.78, 5) is 2.86. The molecule has 0 amide bonds. The lowest BCUT2D eigenvalue weighted by molar-refractivity contribution is -0.141. The van der Waals surface area contributed by atoms with Crippen molar-refractivity contribution in [3.05, 3.63) is 47.0 Å². The minimum Gasteiger partial charge on any atom is -0.325 e. The average Bonchev–Trinajstić information content (AvgIpc) is 2.91. The van der Waals surface area contributed by atoms with Crippen molar-refractivity contribution in [1.82, 2.24) is 13.9 Å². The molecular weight excluding hydrogens is 424 g/mol. The Hall–Kier alpha value is -1.79. The molecule has 0 bridgehead atoms. The van der Waals surface area contributed by atoms with Crippen molar-refractivity contribution in [1.29, 1.82) is 0 Å². The summed E-state index contributed by atoms with van der Waals surface area (Å²) < 4.78 is 103. The molecule has 27 heavy (non-hydrogen) atoms. The summed E-state index contributed by atoms with van der Waals surface area (Å²) in [5.74, 6) is -0.235. The van der Waals surface area contributed by atoms with E-state index in [4.69, 9.17) is 11.6 Å². The van der Waals surface area contributed by atoms with Crippen LogP contribution in [0.15, 0.2) is 35.5 Å². The Kier molecular flexibility index (Phi) is 5.83. The highest BCUT2D eigenvalue weighted by atomic mass is 35.5. The monoisotopic (exact) mass is 435 g/mol. The Morgan fingerprint density at radius 1 is 1.19 bits per heavy atom. The van der Waals surface area contributed by atoms with Crippen LogP contribution in [0.4, 0.5) is 26.3 Å². The molecule has 1 aromatic carbocycles. The summed E-state index contributed by atoms with van der Waals surface area (Å²) in [5, 5.41) is -0.450. The fraction of sp³-hybridized carbons (Fsp3) is 0.357. The first-order valence-electron chi connectivity index (χ1n) is 7.11. The van der Waals surface area contributed by atoms with Crippen molar-refractivity contribution in [3.63, 3.8) is 0 Å². The van der Waals surface area contributed by atoms with Crippen LogP contribution >= 0.6 is 11.6 Å². The van der Waals surface area contributed by atoms with Gasteiger partial charge < -0.3 is 4.57 Å². The second kappa shape index (κ2) is 7.32. The maximum atomic E-state index is 12.8. The normalized spacial score (nSPS) is 13.4. The Bertz CT molecular complexity index is 924. The standard InChI is InChI=1S/C14H12ClF6N3O2S/c1-23(7-12-22-4-5-24(12)8-13(16,17)18)27(25,26)11-6-9(14(19,20)21)2-3-10(11)15/h2-6H,7-8H2,1H3. The van der Waals surface area contributed by atoms with Crippen LogP contribution < -0.4 is 0 Å². The second-order valence-electron chi connectivity index (χ2n) is 5.49. The van der Waals surface area contributed by atoms with E-state index < -0.39 is 50.9 Å². The van der Waals surface area contributed by atoms with E-state index in [1.807, 2.05) is 0 Å². The smallest absolute Gasteiger partial charge is 0.325 e. The zero-order valence-corrected chi connectivity index (χ0v) is 15.1. The number of alkyl halides is 6. The fourth-order valence-electron chi connectivity index (χ4n) is 2.16. The van der Waals surface area contributed by atoms with Crippen molar-refractivity contribution in [2.24, 2.45) is 0 Å². The highest BCUT2D eigenvalue weighted by Crippen LogP contribution is 2.34. The SMILES string of the molecule is CN(Cc1nccn1CC(F)(F)F)S(=O)(=O)c1cc(C(F)(F)F)ccc1Cl. The molecule has 1 heterocycles. The van der Waals surface area contributed by atoms with Crippen LogP contribution in [-0.2, 0) is 29.3 Å². The quantitative estimate of drug-likeness (QED) is 0.669. The molecule has 0 aliphatic carbocycles. The van der Waals surface area contributed by atoms with Crippen molar-refractivity contribution >= 4 is 21.6 Å². The van der Waals surface area contributed by atoms with Crippen LogP contribution in [0.1, 0.15) is 11.4 Å². The van der Waals surface area contributed by atoms with Gasteiger partial charge in [-0.15, -0.1) is 0 Å². The molecule has 13 heteroatoms. The Morgan fingerprint density at radius 3 is 2.37 bits per heavy atom. The Balaban J connectivity index is 2.35. The van der Waals surface area contributed by atoms with Crippen LogP contribution in [0.3, 0.4) is 0 Å². The molecule has 0 atom stereocenters. The van der Waals surface area contributed by atoms with Crippen molar-refractivity contribution in [2.75, 3.05) is 7.05 Å². The van der Waals surface area contributed by atoms with Crippen LogP contribution in [-0.4, -0.2) is 35.5 Å². The summed E-state index contributed by atoms with van der Waals surface area (Å²) in [6, 6.07) is 1.78. The Labute approximate surface area is 155 Å². The molecule has 0 unspecified atom stereocenters. The molecule has 0 N–H and O–H groups in total. The molecule has 0 saturated carbocycles. The predicted molar refractivity (Wildman–Crippen MR) is 83.4 cm³/mol. The van der Waals surface area contributed by atoms with Crippen LogP contribution in [0.25, 0.3) is 0 Å². The number of hydrogen-bond acceptors (Lipinski definition) is 3. The van der Waals surface area contributed by atoms with Crippen molar-refractivity contribution < 1.29 is 34.8 Å². The summed E-state index contributed by atoms with van der Waals surface area (Å²) in [5.41, 5.74) is -1.22. The zero-order chi connectivity index (χ0) is 20.6. The lowest BCUT2D eigenvalue weighted by atomic mass is 10.2. The second-order valence-corrected chi connectivity index (χ2v) is 7.91. The van der Waals surface area contributed by atoms with Gasteiger partial charge in [0.1, 0.15) is 17.3 Å². The minimum atomic E-state index is -4.80. The van der Waals surface area contributed by atoms with Gasteiger partial charge in [-0.2, -0.15) is 30.6 Å². The molecule has 0 saturated heterocycles. The lowest BCUT2D eigenvalue weighted by Gasteiger charge is -2.19. The zero-order valence-electron chi connectivity index (χ0n) is 13.5. The number of benzene rings is 1. The van der Waals surface area contributed by atoms with Gasteiger partial charge in [-0.3, -0.25) is 0 Å². The van der Waals surface area contributed by atoms with Crippen molar-refractivity contribution in [2.45, 2.75) is 30.3 Å². The number of sulfonamides is 1. The minimum absolute atomic E-state index is 0.235. The van der Waals surface area contributed by atoms with E-state index in [0.29, 0.717) is 21.0 Å². The third-order valence-corrected chi connectivity index (χ3v) is 5.75. The highest BCUT2D eigenvalue weighted by molar-refractivity contribution is 7.89. The van der Waals surface area contributed by atoms with E-state index in [-0.39, 0.29) is 5.82 Å². The van der Waals surface area contributed by atoms with E-state index in [2.05, 4.69) is 4.98 Å². The summed E-state index contributed by atoms with van der Waals surface area (Å²) in [6.07, 6.45) is -7.28. The van der Waals surface area contributed by atoms with Crippen LogP contribution in [0, 0.1) is 0 Å². The van der Waals surface area contributed by atoms with Gasteiger partial charge >= 0.3 is 12.4 Å². The van der Waals surface area contributed by atoms with E-state index in [1.165, 1.54) is 0 Å². The molecule has 150 valence electrons. The van der Waals surface area contributed by atoms with Gasteiger partial charge in [-0.1, -0.05) is 11.6 Å². The van der Waals surface area contributed by atoms with Gasteiger partial charge in [0.15, 0.2) is 0 Å². The first kappa shape index (κ1) is 21.5. The van der Waals surface area contributed by atoms with E-state index in [9.17, 15) is 34.8 Å². The summed E-state index contributed by atoms with van der Waals surface area (Å²) in [6.45, 7) is -1.99. The average molecular weight is 436 g/mol. The van der Waals surface area contributed by atoms with Gasteiger partial charge in [-0.05, 0) is 18.2 Å². The number of hydrogen-bond donors (Lipinski definition) is 0. The lowest BCUT2D eigenvalue weighted by Crippen LogP contribution is -2.29. The van der Waals surface area contributed by atoms with Gasteiger partial charge in [0.2, 0.25) is 10.0 Å². The van der Waals surface area contributed by atoms with Crippen molar-refractivity contribution in [3.8, 4) is 0 Å². The third kappa shape index (κ3) is 5.14. The summed E-state index contributed by atoms with van der Waals surface area (Å²) in [7, 11) is -3.52. The molecule has 0 aliphatic heterocycles. The van der Waals surface area contributed by atoms with Gasteiger partial charge in [-0.25, -0.2) is 13.4 Å². The maximum absolute atomic E-state index is 12.8. The number of rotatable bonds is 5. The van der Waals surface area contributed by atoms with E-state index in [0.717, 1.165) is 25.5 Å². The molecule has 0 aliphatic rings. The largest absolute Gasteiger partial charge is 0.416 e. The number of halogens is 7. The molecule has 0 fully saturated rings. The number of nitrogens with zero attached hydrogens (tertiary/aromatic N) is 3. The predicted octanol–water partition coefficient (Wildman–Crippen LogP) is 3.94. The molecular formula is C14H12ClF6N3O2S. The van der Waals surface area contributed by atoms with Gasteiger partial charge in [0.05, 0.1) is 17.1 Å². The van der Waals surface area contributed by atoms with Crippen LogP contribution in [0.2, 0.25) is 5.02 Å². The summed E-state index contributed by atoms with van der Waals surface area (Å²) >= 11 is 5.73. The molecule has 0 spiro atoms. The molecule has 2 aromatic rings. The first-order valence-corrected chi connectivity index (χ1v) is 8.93. The number of imidazole rings is 1. The first-order chi connectivity index (χ1) is 12.2. The maximum Gasteiger partial charge on any atom is 0.416 e. The molecule has 1 aromatic heterocycles. The van der Waals surface area contributed by atoms with Gasteiger partial charge in [0, 0.05) is 19.4 Å². The highest BCUT2D eigenvalue weighted by Gasteiger charge is 2.34. The molecule has 0 radical (unpaired) electrons. The van der Waals surface area contributed by atoms with Gasteiger partial charge in [0.25, 0.3) is 0 Å². The van der Waals surface area contributed by atoms with Crippen LogP contribution in [0.5, 0.6) is 0 Å². The Morgan fingerprint density at radius 2 is 1.81 bits per heavy atom. The van der Waals surface area contributed by atoms with E-state index >= 15 is 0 Å². The number of aromatic nitrogens is 2.